The van der Waals surface area contributed by atoms with Crippen LogP contribution in [0.2, 0.25) is 0 Å². The fourth-order valence-electron chi connectivity index (χ4n) is 2.43. The lowest BCUT2D eigenvalue weighted by molar-refractivity contribution is 0.0933. The second-order valence-corrected chi connectivity index (χ2v) is 5.53. The molecule has 1 aliphatic rings. The van der Waals surface area contributed by atoms with E-state index in [9.17, 15) is 4.79 Å². The van der Waals surface area contributed by atoms with Crippen LogP contribution >= 0.6 is 0 Å². The van der Waals surface area contributed by atoms with Gasteiger partial charge in [-0.15, -0.1) is 0 Å². The van der Waals surface area contributed by atoms with Crippen molar-refractivity contribution in [1.82, 2.24) is 15.3 Å². The van der Waals surface area contributed by atoms with Gasteiger partial charge in [-0.25, -0.2) is 4.98 Å². The van der Waals surface area contributed by atoms with Crippen LogP contribution in [-0.2, 0) is 0 Å². The molecule has 1 saturated carbocycles. The van der Waals surface area contributed by atoms with Gasteiger partial charge in [0.25, 0.3) is 5.91 Å². The molecule has 1 unspecified atom stereocenters. The lowest BCUT2D eigenvalue weighted by Crippen LogP contribution is -2.28. The summed E-state index contributed by atoms with van der Waals surface area (Å²) in [6.07, 6.45) is 5.13. The zero-order chi connectivity index (χ0) is 14.8. The van der Waals surface area contributed by atoms with Gasteiger partial charge >= 0.3 is 0 Å². The smallest absolute Gasteiger partial charge is 0.274 e. The third-order valence-electron chi connectivity index (χ3n) is 3.96. The molecule has 0 spiro atoms. The molecule has 0 aliphatic heterocycles. The van der Waals surface area contributed by atoms with Crippen LogP contribution in [0.5, 0.6) is 0 Å². The highest BCUT2D eigenvalue weighted by molar-refractivity contribution is 5.93. The van der Waals surface area contributed by atoms with Crippen LogP contribution in [0.1, 0.15) is 66.0 Å². The van der Waals surface area contributed by atoms with Gasteiger partial charge in [0.1, 0.15) is 5.76 Å². The number of pyridine rings is 1. The number of oxazole rings is 1. The Hall–Kier alpha value is -2.17. The highest BCUT2D eigenvalue weighted by Gasteiger charge is 2.27. The monoisotopic (exact) mass is 285 g/mol. The average molecular weight is 285 g/mol. The Morgan fingerprint density at radius 3 is 2.86 bits per heavy atom. The first-order valence-electron chi connectivity index (χ1n) is 7.34. The van der Waals surface area contributed by atoms with E-state index in [1.54, 1.807) is 13.1 Å². The van der Waals surface area contributed by atoms with E-state index in [1.807, 2.05) is 25.1 Å². The van der Waals surface area contributed by atoms with Gasteiger partial charge in [0.05, 0.1) is 11.7 Å². The molecule has 1 amide bonds. The third kappa shape index (κ3) is 2.82. The summed E-state index contributed by atoms with van der Waals surface area (Å²) in [5.74, 6) is 1.47. The molecule has 21 heavy (non-hydrogen) atoms. The Balaban J connectivity index is 1.71. The molecular formula is C16H19N3O2. The molecule has 0 bridgehead atoms. The molecule has 5 nitrogen and oxygen atoms in total. The number of carbonyl (C=O) groups is 1. The van der Waals surface area contributed by atoms with E-state index in [0.29, 0.717) is 23.3 Å². The summed E-state index contributed by atoms with van der Waals surface area (Å²) in [4.78, 5) is 21.0. The number of carbonyl (C=O) groups excluding carboxylic acids is 1. The maximum atomic E-state index is 12.3. The maximum absolute atomic E-state index is 12.3. The first kappa shape index (κ1) is 13.8. The molecule has 2 aromatic rings. The lowest BCUT2D eigenvalue weighted by Gasteiger charge is -2.21. The van der Waals surface area contributed by atoms with Gasteiger partial charge in [0, 0.05) is 12.1 Å². The van der Waals surface area contributed by atoms with Gasteiger partial charge in [0.15, 0.2) is 11.6 Å². The van der Waals surface area contributed by atoms with E-state index in [0.717, 1.165) is 18.5 Å². The van der Waals surface area contributed by atoms with Crippen LogP contribution in [-0.4, -0.2) is 15.9 Å². The first-order chi connectivity index (χ1) is 10.1. The summed E-state index contributed by atoms with van der Waals surface area (Å²) in [6, 6.07) is 5.48. The van der Waals surface area contributed by atoms with Crippen molar-refractivity contribution in [3.8, 4) is 0 Å². The molecule has 2 aromatic heterocycles. The number of amides is 1. The minimum atomic E-state index is -0.208. The Morgan fingerprint density at radius 1 is 1.43 bits per heavy atom. The highest BCUT2D eigenvalue weighted by Crippen LogP contribution is 2.36. The number of nitrogens with zero attached hydrogens (tertiary/aromatic N) is 2. The lowest BCUT2D eigenvalue weighted by atomic mass is 9.85. The molecule has 0 radical (unpaired) electrons. The first-order valence-corrected chi connectivity index (χ1v) is 7.34. The molecule has 1 aliphatic carbocycles. The Morgan fingerprint density at radius 2 is 2.24 bits per heavy atom. The van der Waals surface area contributed by atoms with E-state index in [1.165, 1.54) is 6.42 Å². The van der Waals surface area contributed by atoms with Crippen LogP contribution in [0.25, 0.3) is 0 Å². The summed E-state index contributed by atoms with van der Waals surface area (Å²) < 4.78 is 5.64. The van der Waals surface area contributed by atoms with E-state index in [-0.39, 0.29) is 11.9 Å². The van der Waals surface area contributed by atoms with Crippen molar-refractivity contribution in [2.75, 3.05) is 0 Å². The molecule has 1 N–H and O–H groups in total. The summed E-state index contributed by atoms with van der Waals surface area (Å²) in [6.45, 7) is 3.69. The number of aryl methyl sites for hydroxylation is 1. The molecule has 3 rings (SSSR count). The van der Waals surface area contributed by atoms with Crippen LogP contribution in [0, 0.1) is 6.92 Å². The van der Waals surface area contributed by atoms with Gasteiger partial charge < -0.3 is 9.73 Å². The summed E-state index contributed by atoms with van der Waals surface area (Å²) in [5.41, 5.74) is 1.21. The van der Waals surface area contributed by atoms with Gasteiger partial charge in [-0.2, -0.15) is 0 Å². The van der Waals surface area contributed by atoms with E-state index < -0.39 is 0 Å². The molecule has 0 saturated heterocycles. The minimum absolute atomic E-state index is 0.165. The number of rotatable bonds is 4. The SMILES string of the molecule is Cc1oc(C2CCC2)nc1C(=O)NC(C)c1ccccn1. The quantitative estimate of drug-likeness (QED) is 0.937. The molecule has 0 aromatic carbocycles. The Bertz CT molecular complexity index is 632. The summed E-state index contributed by atoms with van der Waals surface area (Å²) in [7, 11) is 0. The highest BCUT2D eigenvalue weighted by atomic mass is 16.4. The number of nitrogens with one attached hydrogen (secondary N) is 1. The Labute approximate surface area is 123 Å². The topological polar surface area (TPSA) is 68.0 Å². The van der Waals surface area contributed by atoms with Crippen LogP contribution in [0.4, 0.5) is 0 Å². The van der Waals surface area contributed by atoms with E-state index in [4.69, 9.17) is 4.42 Å². The van der Waals surface area contributed by atoms with Crippen LogP contribution in [0.15, 0.2) is 28.8 Å². The third-order valence-corrected chi connectivity index (χ3v) is 3.96. The second-order valence-electron chi connectivity index (χ2n) is 5.53. The number of hydrogen-bond acceptors (Lipinski definition) is 4. The van der Waals surface area contributed by atoms with Gasteiger partial charge in [-0.05, 0) is 38.8 Å². The van der Waals surface area contributed by atoms with Gasteiger partial charge in [-0.1, -0.05) is 12.5 Å². The van der Waals surface area contributed by atoms with Crippen molar-refractivity contribution >= 4 is 5.91 Å². The minimum Gasteiger partial charge on any atom is -0.445 e. The van der Waals surface area contributed by atoms with E-state index >= 15 is 0 Å². The van der Waals surface area contributed by atoms with Crippen LogP contribution in [0.3, 0.4) is 0 Å². The van der Waals surface area contributed by atoms with E-state index in [2.05, 4.69) is 15.3 Å². The molecular weight excluding hydrogens is 266 g/mol. The van der Waals surface area contributed by atoms with Crippen molar-refractivity contribution in [3.63, 3.8) is 0 Å². The fourth-order valence-corrected chi connectivity index (χ4v) is 2.43. The molecule has 110 valence electrons. The molecule has 1 atom stereocenters. The van der Waals surface area contributed by atoms with Gasteiger partial charge in [-0.3, -0.25) is 9.78 Å². The molecule has 2 heterocycles. The number of hydrogen-bond donors (Lipinski definition) is 1. The summed E-state index contributed by atoms with van der Waals surface area (Å²) in [5, 5.41) is 2.92. The number of aromatic nitrogens is 2. The second kappa shape index (κ2) is 5.68. The zero-order valence-electron chi connectivity index (χ0n) is 12.3. The standard InChI is InChI=1S/C16H19N3O2/c1-10(13-8-3-4-9-17-13)18-15(20)14-11(2)21-16(19-14)12-6-5-7-12/h3-4,8-10,12H,5-7H2,1-2H3,(H,18,20). The normalized spacial score (nSPS) is 16.3. The molecule has 1 fully saturated rings. The Kier molecular flexibility index (Phi) is 3.73. The van der Waals surface area contributed by atoms with Crippen molar-refractivity contribution in [2.45, 2.75) is 45.1 Å². The summed E-state index contributed by atoms with van der Waals surface area (Å²) >= 11 is 0. The van der Waals surface area contributed by atoms with Crippen molar-refractivity contribution < 1.29 is 9.21 Å². The van der Waals surface area contributed by atoms with Crippen molar-refractivity contribution in [1.29, 1.82) is 0 Å². The fraction of sp³-hybridized carbons (Fsp3) is 0.438. The molecule has 5 heteroatoms. The zero-order valence-corrected chi connectivity index (χ0v) is 12.3. The average Bonchev–Trinajstić information content (AvgIpc) is 2.79. The maximum Gasteiger partial charge on any atom is 0.274 e. The predicted octanol–water partition coefficient (Wildman–Crippen LogP) is 3.14. The van der Waals surface area contributed by atoms with Crippen molar-refractivity contribution in [2.24, 2.45) is 0 Å². The van der Waals surface area contributed by atoms with Crippen LogP contribution < -0.4 is 5.32 Å². The van der Waals surface area contributed by atoms with Gasteiger partial charge in [0.2, 0.25) is 0 Å². The van der Waals surface area contributed by atoms with Crippen molar-refractivity contribution in [3.05, 3.63) is 47.4 Å². The predicted molar refractivity (Wildman–Crippen MR) is 78.0 cm³/mol. The largest absolute Gasteiger partial charge is 0.445 e.